The molecular weight excluding hydrogens is 370 g/mol. The highest BCUT2D eigenvalue weighted by molar-refractivity contribution is 5.87. The molecule has 1 rings (SSSR count). The van der Waals surface area contributed by atoms with Crippen molar-refractivity contribution in [3.05, 3.63) is 35.9 Å². The molecule has 0 unspecified atom stereocenters. The van der Waals surface area contributed by atoms with Crippen molar-refractivity contribution in [2.75, 3.05) is 26.2 Å². The molecule has 0 bridgehead atoms. The molecule has 0 saturated carbocycles. The van der Waals surface area contributed by atoms with Crippen LogP contribution in [0.1, 0.15) is 115 Å². The number of hydrogen-bond acceptors (Lipinski definition) is 1. The standard InChI is InChI=1S/C20H44N.C7H6O2/c1-5-9-13-17-21(18-14-10-6-2,19-15-11-7-3)20-16-12-8-4;8-7(9)6-4-2-1-3-5-6/h5-20H2,1-4H3;1-5H,(H,8,9)/q+1;. The minimum atomic E-state index is -0.879. The van der Waals surface area contributed by atoms with Crippen molar-refractivity contribution in [3.63, 3.8) is 0 Å². The fourth-order valence-corrected chi connectivity index (χ4v) is 4.04. The number of nitrogens with zero attached hydrogens (tertiary/aromatic N) is 1. The van der Waals surface area contributed by atoms with Gasteiger partial charge in [0.25, 0.3) is 0 Å². The Balaban J connectivity index is 0.000000769. The van der Waals surface area contributed by atoms with Crippen molar-refractivity contribution >= 4 is 5.97 Å². The van der Waals surface area contributed by atoms with Gasteiger partial charge in [0.1, 0.15) is 0 Å². The van der Waals surface area contributed by atoms with Crippen LogP contribution in [-0.4, -0.2) is 41.7 Å². The molecule has 1 N–H and O–H groups in total. The smallest absolute Gasteiger partial charge is 0.335 e. The second-order valence-electron chi connectivity index (χ2n) is 8.74. The minimum Gasteiger partial charge on any atom is -0.478 e. The second-order valence-corrected chi connectivity index (χ2v) is 8.74. The molecule has 0 spiro atoms. The molecule has 174 valence electrons. The summed E-state index contributed by atoms with van der Waals surface area (Å²) in [5.74, 6) is -0.879. The van der Waals surface area contributed by atoms with Crippen LogP contribution in [0.5, 0.6) is 0 Å². The van der Waals surface area contributed by atoms with Crippen molar-refractivity contribution < 1.29 is 14.4 Å². The zero-order valence-corrected chi connectivity index (χ0v) is 20.5. The van der Waals surface area contributed by atoms with Gasteiger partial charge in [-0.3, -0.25) is 0 Å². The Kier molecular flexibility index (Phi) is 18.7. The lowest BCUT2D eigenvalue weighted by Crippen LogP contribution is -2.50. The predicted octanol–water partition coefficient (Wildman–Crippen LogP) is 7.95. The molecule has 1 aromatic rings. The summed E-state index contributed by atoms with van der Waals surface area (Å²) in [7, 11) is 0. The van der Waals surface area contributed by atoms with E-state index in [2.05, 4.69) is 27.7 Å². The average Bonchev–Trinajstić information content (AvgIpc) is 2.75. The number of carbonyl (C=O) groups is 1. The van der Waals surface area contributed by atoms with Gasteiger partial charge in [-0.05, 0) is 63.5 Å². The third-order valence-corrected chi connectivity index (χ3v) is 5.96. The average molecular weight is 421 g/mol. The van der Waals surface area contributed by atoms with Crippen LogP contribution in [0.25, 0.3) is 0 Å². The molecule has 0 aliphatic heterocycles. The first kappa shape index (κ1) is 28.6. The van der Waals surface area contributed by atoms with E-state index in [4.69, 9.17) is 5.11 Å². The van der Waals surface area contributed by atoms with E-state index in [1.54, 1.807) is 30.3 Å². The maximum Gasteiger partial charge on any atom is 0.335 e. The van der Waals surface area contributed by atoms with Gasteiger partial charge in [-0.2, -0.15) is 0 Å². The largest absolute Gasteiger partial charge is 0.478 e. The fourth-order valence-electron chi connectivity index (χ4n) is 4.04. The number of rotatable bonds is 17. The van der Waals surface area contributed by atoms with Gasteiger partial charge in [0.15, 0.2) is 0 Å². The van der Waals surface area contributed by atoms with Gasteiger partial charge in [0.05, 0.1) is 31.7 Å². The summed E-state index contributed by atoms with van der Waals surface area (Å²) in [4.78, 5) is 10.2. The Morgan fingerprint density at radius 3 is 1.20 bits per heavy atom. The normalized spacial score (nSPS) is 11.1. The summed E-state index contributed by atoms with van der Waals surface area (Å²) >= 11 is 0. The van der Waals surface area contributed by atoms with Crippen LogP contribution in [0.2, 0.25) is 0 Å². The highest BCUT2D eigenvalue weighted by Gasteiger charge is 2.25. The SMILES string of the molecule is CCCCC[N+](CCCCC)(CCCCC)CCCCC.O=C(O)c1ccccc1. The maximum absolute atomic E-state index is 10.2. The van der Waals surface area contributed by atoms with E-state index in [-0.39, 0.29) is 0 Å². The maximum atomic E-state index is 10.2. The van der Waals surface area contributed by atoms with Gasteiger partial charge in [0.2, 0.25) is 0 Å². The zero-order chi connectivity index (χ0) is 22.5. The molecule has 1 aromatic carbocycles. The molecule has 0 saturated heterocycles. The quantitative estimate of drug-likeness (QED) is 0.205. The molecule has 0 aliphatic carbocycles. The van der Waals surface area contributed by atoms with Gasteiger partial charge >= 0.3 is 5.97 Å². The monoisotopic (exact) mass is 420 g/mol. The molecular formula is C27H50NO2+. The number of unbranched alkanes of at least 4 members (excludes halogenated alkanes) is 8. The second kappa shape index (κ2) is 19.6. The van der Waals surface area contributed by atoms with Crippen LogP contribution in [0.3, 0.4) is 0 Å². The van der Waals surface area contributed by atoms with E-state index >= 15 is 0 Å². The molecule has 0 heterocycles. The fraction of sp³-hybridized carbons (Fsp3) is 0.741. The first-order valence-electron chi connectivity index (χ1n) is 12.7. The number of quaternary nitrogens is 1. The molecule has 0 fully saturated rings. The van der Waals surface area contributed by atoms with E-state index in [9.17, 15) is 4.79 Å². The highest BCUT2D eigenvalue weighted by Crippen LogP contribution is 2.18. The van der Waals surface area contributed by atoms with Crippen LogP contribution in [0.4, 0.5) is 0 Å². The van der Waals surface area contributed by atoms with Crippen LogP contribution >= 0.6 is 0 Å². The Hall–Kier alpha value is -1.35. The lowest BCUT2D eigenvalue weighted by Gasteiger charge is -2.39. The topological polar surface area (TPSA) is 37.3 Å². The van der Waals surface area contributed by atoms with Crippen LogP contribution < -0.4 is 0 Å². The Bertz CT molecular complexity index is 455. The first-order valence-corrected chi connectivity index (χ1v) is 12.7. The van der Waals surface area contributed by atoms with E-state index < -0.39 is 5.97 Å². The summed E-state index contributed by atoms with van der Waals surface area (Å²) in [5.41, 5.74) is 0.331. The molecule has 0 atom stereocenters. The Labute approximate surface area is 187 Å². The summed E-state index contributed by atoms with van der Waals surface area (Å²) in [5, 5.41) is 8.38. The van der Waals surface area contributed by atoms with Crippen molar-refractivity contribution in [3.8, 4) is 0 Å². The molecule has 0 aliphatic rings. The van der Waals surface area contributed by atoms with Gasteiger partial charge in [-0.15, -0.1) is 0 Å². The van der Waals surface area contributed by atoms with E-state index in [1.807, 2.05) is 0 Å². The highest BCUT2D eigenvalue weighted by atomic mass is 16.4. The van der Waals surface area contributed by atoms with E-state index in [0.29, 0.717) is 5.56 Å². The number of benzene rings is 1. The summed E-state index contributed by atoms with van der Waals surface area (Å²) in [6.45, 7) is 15.1. The van der Waals surface area contributed by atoms with Crippen molar-refractivity contribution in [1.82, 2.24) is 0 Å². The molecule has 0 aromatic heterocycles. The van der Waals surface area contributed by atoms with Gasteiger partial charge < -0.3 is 9.59 Å². The molecule has 3 nitrogen and oxygen atoms in total. The lowest BCUT2D eigenvalue weighted by molar-refractivity contribution is -0.929. The number of aromatic carboxylic acids is 1. The summed E-state index contributed by atoms with van der Waals surface area (Å²) < 4.78 is 1.44. The molecule has 3 heteroatoms. The lowest BCUT2D eigenvalue weighted by atomic mass is 10.1. The molecule has 0 amide bonds. The Morgan fingerprint density at radius 2 is 0.967 bits per heavy atom. The van der Waals surface area contributed by atoms with Gasteiger partial charge in [0, 0.05) is 0 Å². The van der Waals surface area contributed by atoms with Crippen molar-refractivity contribution in [2.45, 2.75) is 105 Å². The number of hydrogen-bond donors (Lipinski definition) is 1. The Morgan fingerprint density at radius 1 is 0.633 bits per heavy atom. The van der Waals surface area contributed by atoms with Crippen LogP contribution in [0.15, 0.2) is 30.3 Å². The zero-order valence-electron chi connectivity index (χ0n) is 20.5. The molecule has 30 heavy (non-hydrogen) atoms. The van der Waals surface area contributed by atoms with Gasteiger partial charge in [-0.25, -0.2) is 4.79 Å². The van der Waals surface area contributed by atoms with E-state index in [0.717, 1.165) is 0 Å². The number of carboxylic acids is 1. The minimum absolute atomic E-state index is 0.331. The summed E-state index contributed by atoms with van der Waals surface area (Å²) in [6.07, 6.45) is 16.9. The van der Waals surface area contributed by atoms with Crippen LogP contribution in [0, 0.1) is 0 Å². The van der Waals surface area contributed by atoms with Crippen molar-refractivity contribution in [2.24, 2.45) is 0 Å². The summed E-state index contributed by atoms with van der Waals surface area (Å²) in [6, 6.07) is 8.30. The predicted molar refractivity (Wildman–Crippen MR) is 131 cm³/mol. The number of carboxylic acid groups (broad SMARTS) is 1. The molecule has 0 radical (unpaired) electrons. The third-order valence-electron chi connectivity index (χ3n) is 5.96. The first-order chi connectivity index (χ1) is 14.5. The van der Waals surface area contributed by atoms with Gasteiger partial charge in [-0.1, -0.05) is 71.6 Å². The van der Waals surface area contributed by atoms with E-state index in [1.165, 1.54) is 108 Å². The van der Waals surface area contributed by atoms with Crippen LogP contribution in [-0.2, 0) is 0 Å². The third kappa shape index (κ3) is 14.6. The van der Waals surface area contributed by atoms with Crippen molar-refractivity contribution in [1.29, 1.82) is 0 Å².